The Kier molecular flexibility index (Phi) is 4.27. The van der Waals surface area contributed by atoms with E-state index in [2.05, 4.69) is 25.9 Å². The van der Waals surface area contributed by atoms with Crippen LogP contribution in [0.3, 0.4) is 0 Å². The molecule has 0 aliphatic heterocycles. The summed E-state index contributed by atoms with van der Waals surface area (Å²) >= 11 is 9.39. The number of methoxy groups -OCH3 is 1. The Morgan fingerprint density at radius 3 is 2.42 bits per heavy atom. The topological polar surface area (TPSA) is 44.2 Å². The van der Waals surface area contributed by atoms with E-state index in [0.717, 1.165) is 16.1 Å². The number of aryl methyl sites for hydroxylation is 2. The quantitative estimate of drug-likeness (QED) is 0.833. The van der Waals surface area contributed by atoms with E-state index in [1.807, 2.05) is 26.0 Å². The maximum Gasteiger partial charge on any atom is 0.325 e. The fourth-order valence-electron chi connectivity index (χ4n) is 1.60. The number of ether oxygens (including phenoxy) is 2. The van der Waals surface area contributed by atoms with Crippen LogP contribution in [0.25, 0.3) is 0 Å². The lowest BCUT2D eigenvalue weighted by Crippen LogP contribution is -1.96. The predicted molar refractivity (Wildman–Crippen MR) is 77.3 cm³/mol. The van der Waals surface area contributed by atoms with E-state index in [4.69, 9.17) is 21.1 Å². The molecule has 0 unspecified atom stereocenters. The van der Waals surface area contributed by atoms with Gasteiger partial charge in [0.15, 0.2) is 0 Å². The van der Waals surface area contributed by atoms with Crippen molar-refractivity contribution in [2.24, 2.45) is 0 Å². The van der Waals surface area contributed by atoms with Gasteiger partial charge in [0, 0.05) is 5.02 Å². The van der Waals surface area contributed by atoms with Gasteiger partial charge in [-0.25, -0.2) is 4.98 Å². The Morgan fingerprint density at radius 2 is 1.84 bits per heavy atom. The number of hydrogen-bond donors (Lipinski definition) is 0. The molecule has 0 aliphatic rings. The first-order chi connectivity index (χ1) is 9.01. The van der Waals surface area contributed by atoms with Crippen LogP contribution in [-0.2, 0) is 0 Å². The van der Waals surface area contributed by atoms with Crippen LogP contribution in [0.5, 0.6) is 17.6 Å². The summed E-state index contributed by atoms with van der Waals surface area (Å²) < 4.78 is 11.4. The second-order valence-corrected chi connectivity index (χ2v) is 5.22. The highest BCUT2D eigenvalue weighted by Crippen LogP contribution is 2.29. The first-order valence-electron chi connectivity index (χ1n) is 5.52. The van der Waals surface area contributed by atoms with Crippen LogP contribution in [0.4, 0.5) is 0 Å². The molecule has 2 aromatic rings. The van der Waals surface area contributed by atoms with Gasteiger partial charge in [-0.05, 0) is 53.0 Å². The van der Waals surface area contributed by atoms with E-state index in [1.165, 1.54) is 7.11 Å². The summed E-state index contributed by atoms with van der Waals surface area (Å²) in [6.45, 7) is 3.84. The largest absolute Gasteiger partial charge is 0.480 e. The number of aromatic nitrogens is 2. The normalized spacial score (nSPS) is 10.4. The molecule has 0 N–H and O–H groups in total. The second-order valence-electron chi connectivity index (χ2n) is 3.98. The van der Waals surface area contributed by atoms with Crippen LogP contribution >= 0.6 is 27.5 Å². The third-order valence-corrected chi connectivity index (χ3v) is 3.64. The number of hydrogen-bond acceptors (Lipinski definition) is 4. The zero-order chi connectivity index (χ0) is 14.0. The van der Waals surface area contributed by atoms with Crippen molar-refractivity contribution in [3.05, 3.63) is 39.0 Å². The highest BCUT2D eigenvalue weighted by Gasteiger charge is 2.09. The maximum atomic E-state index is 6.11. The molecule has 0 aliphatic carbocycles. The van der Waals surface area contributed by atoms with Crippen molar-refractivity contribution in [2.75, 3.05) is 7.11 Å². The molecule has 0 saturated heterocycles. The SMILES string of the molecule is COc1nc(Oc2cc(C)c(Cl)c(C)c2)ncc1Br. The van der Waals surface area contributed by atoms with Gasteiger partial charge in [-0.1, -0.05) is 11.6 Å². The minimum Gasteiger partial charge on any atom is -0.480 e. The van der Waals surface area contributed by atoms with Crippen molar-refractivity contribution in [2.45, 2.75) is 13.8 Å². The second kappa shape index (κ2) is 5.75. The predicted octanol–water partition coefficient (Wildman–Crippen LogP) is 4.31. The summed E-state index contributed by atoms with van der Waals surface area (Å²) in [5, 5.41) is 0.738. The van der Waals surface area contributed by atoms with Crippen molar-refractivity contribution >= 4 is 27.5 Å². The smallest absolute Gasteiger partial charge is 0.325 e. The minimum absolute atomic E-state index is 0.223. The molecule has 0 bridgehead atoms. The van der Waals surface area contributed by atoms with Gasteiger partial charge in [-0.3, -0.25) is 0 Å². The summed E-state index contributed by atoms with van der Waals surface area (Å²) in [5.74, 6) is 1.07. The molecule has 1 heterocycles. The van der Waals surface area contributed by atoms with E-state index in [1.54, 1.807) is 6.20 Å². The lowest BCUT2D eigenvalue weighted by Gasteiger charge is -2.09. The molecule has 2 rings (SSSR count). The maximum absolute atomic E-state index is 6.11. The molecule has 0 radical (unpaired) electrons. The summed E-state index contributed by atoms with van der Waals surface area (Å²) in [4.78, 5) is 8.20. The van der Waals surface area contributed by atoms with Gasteiger partial charge in [0.25, 0.3) is 0 Å². The van der Waals surface area contributed by atoms with Crippen molar-refractivity contribution < 1.29 is 9.47 Å². The third kappa shape index (κ3) is 3.16. The van der Waals surface area contributed by atoms with E-state index in [9.17, 15) is 0 Å². The Bertz CT molecular complexity index is 597. The van der Waals surface area contributed by atoms with Gasteiger partial charge in [0.05, 0.1) is 17.8 Å². The molecule has 0 amide bonds. The zero-order valence-electron chi connectivity index (χ0n) is 10.7. The molecule has 0 spiro atoms. The lowest BCUT2D eigenvalue weighted by atomic mass is 10.1. The van der Waals surface area contributed by atoms with Gasteiger partial charge >= 0.3 is 6.01 Å². The van der Waals surface area contributed by atoms with E-state index in [-0.39, 0.29) is 6.01 Å². The minimum atomic E-state index is 0.223. The third-order valence-electron chi connectivity index (χ3n) is 2.50. The molecule has 4 nitrogen and oxygen atoms in total. The number of nitrogens with zero attached hydrogens (tertiary/aromatic N) is 2. The summed E-state index contributed by atoms with van der Waals surface area (Å²) in [6, 6.07) is 3.90. The van der Waals surface area contributed by atoms with Crippen LogP contribution in [-0.4, -0.2) is 17.1 Å². The lowest BCUT2D eigenvalue weighted by molar-refractivity contribution is 0.373. The van der Waals surface area contributed by atoms with Crippen LogP contribution in [0, 0.1) is 13.8 Å². The Labute approximate surface area is 124 Å². The average molecular weight is 344 g/mol. The van der Waals surface area contributed by atoms with E-state index >= 15 is 0 Å². The highest BCUT2D eigenvalue weighted by molar-refractivity contribution is 9.10. The monoisotopic (exact) mass is 342 g/mol. The van der Waals surface area contributed by atoms with Gasteiger partial charge in [0.2, 0.25) is 5.88 Å². The molecule has 0 atom stereocenters. The molecule has 0 saturated carbocycles. The van der Waals surface area contributed by atoms with Gasteiger partial charge in [0.1, 0.15) is 5.75 Å². The number of benzene rings is 1. The first kappa shape index (κ1) is 14.1. The van der Waals surface area contributed by atoms with Crippen LogP contribution in [0.1, 0.15) is 11.1 Å². The first-order valence-corrected chi connectivity index (χ1v) is 6.69. The van der Waals surface area contributed by atoms with Crippen LogP contribution in [0.2, 0.25) is 5.02 Å². The molecule has 1 aromatic carbocycles. The summed E-state index contributed by atoms with van der Waals surface area (Å²) in [7, 11) is 1.54. The Hall–Kier alpha value is -1.33. The standard InChI is InChI=1S/C13H12BrClN2O2/c1-7-4-9(5-8(2)11(7)15)19-13-16-6-10(14)12(17-13)18-3/h4-6H,1-3H3. The fraction of sp³-hybridized carbons (Fsp3) is 0.231. The van der Waals surface area contributed by atoms with Crippen molar-refractivity contribution in [3.63, 3.8) is 0 Å². The number of rotatable bonds is 3. The molecule has 100 valence electrons. The molecule has 6 heteroatoms. The summed E-state index contributed by atoms with van der Waals surface area (Å²) in [5.41, 5.74) is 1.89. The molecule has 19 heavy (non-hydrogen) atoms. The van der Waals surface area contributed by atoms with Crippen LogP contribution in [0.15, 0.2) is 22.8 Å². The average Bonchev–Trinajstić information content (AvgIpc) is 2.38. The molecular weight excluding hydrogens is 332 g/mol. The van der Waals surface area contributed by atoms with Crippen molar-refractivity contribution in [1.82, 2.24) is 9.97 Å². The van der Waals surface area contributed by atoms with Crippen LogP contribution < -0.4 is 9.47 Å². The highest BCUT2D eigenvalue weighted by atomic mass is 79.9. The van der Waals surface area contributed by atoms with Crippen molar-refractivity contribution in [1.29, 1.82) is 0 Å². The van der Waals surface area contributed by atoms with E-state index in [0.29, 0.717) is 16.1 Å². The zero-order valence-corrected chi connectivity index (χ0v) is 13.0. The van der Waals surface area contributed by atoms with E-state index < -0.39 is 0 Å². The van der Waals surface area contributed by atoms with Crippen molar-refractivity contribution in [3.8, 4) is 17.6 Å². The van der Waals surface area contributed by atoms with Gasteiger partial charge in [-0.15, -0.1) is 0 Å². The van der Waals surface area contributed by atoms with Gasteiger partial charge < -0.3 is 9.47 Å². The Balaban J connectivity index is 2.31. The fourth-order valence-corrected chi connectivity index (χ4v) is 2.06. The van der Waals surface area contributed by atoms with Gasteiger partial charge in [-0.2, -0.15) is 4.98 Å². The molecular formula is C13H12BrClN2O2. The summed E-state index contributed by atoms with van der Waals surface area (Å²) in [6.07, 6.45) is 1.58. The number of halogens is 2. The molecule has 0 fully saturated rings. The Morgan fingerprint density at radius 1 is 1.21 bits per heavy atom. The molecule has 1 aromatic heterocycles.